The average molecular weight is 149 g/mol. The minimum Gasteiger partial charge on any atom is -0.228 e. The normalized spacial score (nSPS) is 13.1. The van der Waals surface area contributed by atoms with E-state index in [0.717, 1.165) is 0 Å². The second-order valence-electron chi connectivity index (χ2n) is 2.50. The topological polar surface area (TPSA) is 34.1 Å². The smallest absolute Gasteiger partial charge is 0.159 e. The molecule has 0 bridgehead atoms. The van der Waals surface area contributed by atoms with Gasteiger partial charge in [0.1, 0.15) is 0 Å². The van der Waals surface area contributed by atoms with Crippen LogP contribution in [0.3, 0.4) is 0 Å². The molecule has 55 valence electrons. The van der Waals surface area contributed by atoms with Crippen molar-refractivity contribution in [2.24, 2.45) is 0 Å². The van der Waals surface area contributed by atoms with Crippen LogP contribution in [0.2, 0.25) is 0 Å². The molecule has 0 aliphatic rings. The summed E-state index contributed by atoms with van der Waals surface area (Å²) in [5.74, 6) is 0. The van der Waals surface area contributed by atoms with Crippen molar-refractivity contribution in [3.05, 3.63) is 5.25 Å². The highest BCUT2D eigenvalue weighted by Crippen LogP contribution is 2.13. The highest BCUT2D eigenvalue weighted by Gasteiger charge is 2.20. The van der Waals surface area contributed by atoms with Crippen molar-refractivity contribution in [1.29, 1.82) is 0 Å². The van der Waals surface area contributed by atoms with Crippen LogP contribution in [-0.4, -0.2) is 13.7 Å². The molecule has 0 aliphatic carbocycles. The molecule has 0 fully saturated rings. The first kappa shape index (κ1) is 8.95. The van der Waals surface area contributed by atoms with E-state index in [0.29, 0.717) is 5.25 Å². The molecule has 0 rings (SSSR count). The predicted molar refractivity (Wildman–Crippen MR) is 38.6 cm³/mol. The highest BCUT2D eigenvalue weighted by atomic mass is 32.2. The van der Waals surface area contributed by atoms with Crippen molar-refractivity contribution in [2.45, 2.75) is 32.9 Å². The van der Waals surface area contributed by atoms with Crippen molar-refractivity contribution < 1.29 is 8.42 Å². The van der Waals surface area contributed by atoms with Crippen LogP contribution in [-0.2, 0) is 9.84 Å². The Kier molecular flexibility index (Phi) is 2.67. The Balaban J connectivity index is 4.42. The minimum atomic E-state index is -2.90. The third kappa shape index (κ3) is 1.97. The molecule has 2 nitrogen and oxygen atoms in total. The van der Waals surface area contributed by atoms with E-state index in [1.807, 2.05) is 0 Å². The SMILES string of the molecule is C[C](C)S(=O)(=O)C(C)C. The van der Waals surface area contributed by atoms with Gasteiger partial charge in [0.15, 0.2) is 9.84 Å². The molecule has 0 N–H and O–H groups in total. The summed E-state index contributed by atoms with van der Waals surface area (Å²) in [6, 6.07) is 0. The maximum Gasteiger partial charge on any atom is 0.159 e. The van der Waals surface area contributed by atoms with Gasteiger partial charge in [-0.25, -0.2) is 8.42 Å². The molecule has 0 heterocycles. The Morgan fingerprint density at radius 2 is 1.56 bits per heavy atom. The van der Waals surface area contributed by atoms with Crippen LogP contribution < -0.4 is 0 Å². The molecule has 0 unspecified atom stereocenters. The van der Waals surface area contributed by atoms with Crippen molar-refractivity contribution >= 4 is 9.84 Å². The standard InChI is InChI=1S/C6H13O2S/c1-5(2)9(7,8)6(3)4/h5H,1-4H3. The molecule has 9 heavy (non-hydrogen) atoms. The van der Waals surface area contributed by atoms with Gasteiger partial charge in [0.2, 0.25) is 0 Å². The zero-order chi connectivity index (χ0) is 7.65. The third-order valence-electron chi connectivity index (χ3n) is 1.19. The molecule has 0 aromatic carbocycles. The Morgan fingerprint density at radius 3 is 1.56 bits per heavy atom. The summed E-state index contributed by atoms with van der Waals surface area (Å²) in [5, 5.41) is 0.222. The summed E-state index contributed by atoms with van der Waals surface area (Å²) in [5.41, 5.74) is 0. The summed E-state index contributed by atoms with van der Waals surface area (Å²) in [4.78, 5) is 0. The van der Waals surface area contributed by atoms with E-state index in [4.69, 9.17) is 0 Å². The molecule has 0 aromatic rings. The van der Waals surface area contributed by atoms with Crippen LogP contribution in [0.1, 0.15) is 27.7 Å². The summed E-state index contributed by atoms with van der Waals surface area (Å²) >= 11 is 0. The molecule has 0 amide bonds. The number of sulfone groups is 1. The van der Waals surface area contributed by atoms with Crippen LogP contribution in [0.4, 0.5) is 0 Å². The van der Waals surface area contributed by atoms with Gasteiger partial charge in [0.05, 0.1) is 10.5 Å². The average Bonchev–Trinajstić information content (AvgIpc) is 1.65. The molecule has 3 heteroatoms. The van der Waals surface area contributed by atoms with E-state index in [-0.39, 0.29) is 5.25 Å². The Morgan fingerprint density at radius 1 is 1.22 bits per heavy atom. The molecular formula is C6H13O2S. The lowest BCUT2D eigenvalue weighted by molar-refractivity contribution is 0.588. The van der Waals surface area contributed by atoms with Crippen molar-refractivity contribution in [3.8, 4) is 0 Å². The van der Waals surface area contributed by atoms with Gasteiger partial charge < -0.3 is 0 Å². The predicted octanol–water partition coefficient (Wildman–Crippen LogP) is 1.38. The molecule has 0 aliphatic heterocycles. The lowest BCUT2D eigenvalue weighted by Gasteiger charge is -2.08. The van der Waals surface area contributed by atoms with Gasteiger partial charge in [-0.3, -0.25) is 0 Å². The van der Waals surface area contributed by atoms with Crippen LogP contribution in [0.25, 0.3) is 0 Å². The van der Waals surface area contributed by atoms with Crippen LogP contribution in [0.5, 0.6) is 0 Å². The fraction of sp³-hybridized carbons (Fsp3) is 0.833. The molecule has 1 radical (unpaired) electrons. The maximum atomic E-state index is 11.0. The van der Waals surface area contributed by atoms with Gasteiger partial charge >= 0.3 is 0 Å². The second-order valence-corrected chi connectivity index (χ2v) is 5.35. The van der Waals surface area contributed by atoms with Crippen LogP contribution >= 0.6 is 0 Å². The van der Waals surface area contributed by atoms with E-state index in [1.165, 1.54) is 0 Å². The molecular weight excluding hydrogens is 136 g/mol. The highest BCUT2D eigenvalue weighted by molar-refractivity contribution is 7.94. The maximum absolute atomic E-state index is 11.0. The quantitative estimate of drug-likeness (QED) is 0.594. The Hall–Kier alpha value is -0.0500. The molecule has 0 saturated carbocycles. The summed E-state index contributed by atoms with van der Waals surface area (Å²) in [6.45, 7) is 6.61. The second kappa shape index (κ2) is 2.69. The van der Waals surface area contributed by atoms with Crippen molar-refractivity contribution in [3.63, 3.8) is 0 Å². The molecule has 0 saturated heterocycles. The monoisotopic (exact) mass is 149 g/mol. The van der Waals surface area contributed by atoms with Crippen molar-refractivity contribution in [2.75, 3.05) is 0 Å². The van der Waals surface area contributed by atoms with E-state index in [9.17, 15) is 8.42 Å². The number of hydrogen-bond donors (Lipinski definition) is 0. The zero-order valence-electron chi connectivity index (χ0n) is 6.30. The van der Waals surface area contributed by atoms with Gasteiger partial charge in [0, 0.05) is 0 Å². The minimum absolute atomic E-state index is 0.275. The van der Waals surface area contributed by atoms with E-state index >= 15 is 0 Å². The molecule has 0 aromatic heterocycles. The van der Waals surface area contributed by atoms with E-state index < -0.39 is 9.84 Å². The first-order valence-corrected chi connectivity index (χ1v) is 4.47. The number of rotatable bonds is 2. The first-order chi connectivity index (χ1) is 3.89. The zero-order valence-corrected chi connectivity index (χ0v) is 7.12. The van der Waals surface area contributed by atoms with E-state index in [1.54, 1.807) is 27.7 Å². The summed E-state index contributed by atoms with van der Waals surface area (Å²) in [7, 11) is -2.90. The van der Waals surface area contributed by atoms with Crippen LogP contribution in [0, 0.1) is 5.25 Å². The lowest BCUT2D eigenvalue weighted by Crippen LogP contribution is -2.17. The summed E-state index contributed by atoms with van der Waals surface area (Å²) in [6.07, 6.45) is 0. The number of hydrogen-bond acceptors (Lipinski definition) is 2. The van der Waals surface area contributed by atoms with Crippen LogP contribution in [0.15, 0.2) is 0 Å². The Labute approximate surface area is 57.2 Å². The van der Waals surface area contributed by atoms with Gasteiger partial charge in [-0.15, -0.1) is 0 Å². The van der Waals surface area contributed by atoms with Gasteiger partial charge in [0.25, 0.3) is 0 Å². The van der Waals surface area contributed by atoms with Crippen molar-refractivity contribution in [1.82, 2.24) is 0 Å². The largest absolute Gasteiger partial charge is 0.228 e. The van der Waals surface area contributed by atoms with Gasteiger partial charge in [-0.2, -0.15) is 0 Å². The molecule has 0 spiro atoms. The first-order valence-electron chi connectivity index (χ1n) is 2.93. The summed E-state index contributed by atoms with van der Waals surface area (Å²) < 4.78 is 22.0. The lowest BCUT2D eigenvalue weighted by atomic mass is 10.5. The third-order valence-corrected chi connectivity index (χ3v) is 3.57. The fourth-order valence-corrected chi connectivity index (χ4v) is 1.41. The Bertz CT molecular complexity index is 151. The van der Waals surface area contributed by atoms with Gasteiger partial charge in [-0.05, 0) is 27.7 Å². The van der Waals surface area contributed by atoms with Gasteiger partial charge in [-0.1, -0.05) is 0 Å². The van der Waals surface area contributed by atoms with E-state index in [2.05, 4.69) is 0 Å². The molecule has 0 atom stereocenters. The fourth-order valence-electron chi connectivity index (χ4n) is 0.471.